The van der Waals surface area contributed by atoms with Crippen molar-refractivity contribution in [1.82, 2.24) is 5.32 Å². The zero-order valence-electron chi connectivity index (χ0n) is 16.9. The van der Waals surface area contributed by atoms with Crippen molar-refractivity contribution in [3.8, 4) is 0 Å². The van der Waals surface area contributed by atoms with Crippen LogP contribution in [0.2, 0.25) is 0 Å². The zero-order chi connectivity index (χ0) is 21.1. The molecule has 0 aromatic heterocycles. The number of amides is 1. The Morgan fingerprint density at radius 1 is 0.897 bits per heavy atom. The molecule has 0 aliphatic rings. The van der Waals surface area contributed by atoms with E-state index in [-0.39, 0.29) is 18.2 Å². The monoisotopic (exact) mass is 396 g/mol. The lowest BCUT2D eigenvalue weighted by Gasteiger charge is -2.10. The van der Waals surface area contributed by atoms with Gasteiger partial charge in [-0.2, -0.15) is 0 Å². The molecule has 0 heterocycles. The van der Waals surface area contributed by atoms with Crippen LogP contribution < -0.4 is 5.32 Å². The van der Waals surface area contributed by atoms with E-state index < -0.39 is 0 Å². The molecule has 0 bridgehead atoms. The number of carbonyl (C=O) groups is 1. The van der Waals surface area contributed by atoms with Crippen LogP contribution in [0.4, 0.5) is 0 Å². The lowest BCUT2D eigenvalue weighted by Crippen LogP contribution is -2.29. The van der Waals surface area contributed by atoms with Crippen molar-refractivity contribution < 1.29 is 19.3 Å². The van der Waals surface area contributed by atoms with Gasteiger partial charge in [0.1, 0.15) is 32.2 Å². The topological polar surface area (TPSA) is 93.9 Å². The summed E-state index contributed by atoms with van der Waals surface area (Å²) in [6.45, 7) is 1.90. The first-order valence-electron chi connectivity index (χ1n) is 8.87. The van der Waals surface area contributed by atoms with Gasteiger partial charge in [-0.1, -0.05) is 70.1 Å². The van der Waals surface area contributed by atoms with Crippen molar-refractivity contribution in [3.63, 3.8) is 0 Å². The molecule has 0 spiro atoms. The van der Waals surface area contributed by atoms with Crippen LogP contribution in [-0.2, 0) is 25.9 Å². The molecule has 29 heavy (non-hydrogen) atoms. The summed E-state index contributed by atoms with van der Waals surface area (Å²) < 4.78 is 0. The van der Waals surface area contributed by atoms with E-state index in [1.54, 1.807) is 19.1 Å². The lowest BCUT2D eigenvalue weighted by molar-refractivity contribution is -0.114. The number of carbonyl (C=O) groups excluding carboxylic acids is 1. The fourth-order valence-corrected chi connectivity index (χ4v) is 2.56. The van der Waals surface area contributed by atoms with E-state index in [9.17, 15) is 4.79 Å². The van der Waals surface area contributed by atoms with Crippen molar-refractivity contribution in [2.45, 2.75) is 13.5 Å². The summed E-state index contributed by atoms with van der Waals surface area (Å²) in [4.78, 5) is 27.4. The predicted octanol–water partition coefficient (Wildman–Crippen LogP) is 2.73. The summed E-state index contributed by atoms with van der Waals surface area (Å²) in [5, 5.41) is 14.6. The Morgan fingerprint density at radius 2 is 1.52 bits per heavy atom. The van der Waals surface area contributed by atoms with Gasteiger partial charge in [0.05, 0.1) is 0 Å². The van der Waals surface area contributed by atoms with Crippen LogP contribution >= 0.6 is 0 Å². The average Bonchev–Trinajstić information content (AvgIpc) is 2.76. The minimum atomic E-state index is -0.363. The number of rotatable bonds is 9. The molecule has 0 aliphatic heterocycles. The van der Waals surface area contributed by atoms with Crippen LogP contribution in [-0.4, -0.2) is 44.3 Å². The highest BCUT2D eigenvalue weighted by molar-refractivity contribution is 6.47. The van der Waals surface area contributed by atoms with Gasteiger partial charge in [-0.25, -0.2) is 0 Å². The molecule has 1 N–H and O–H groups in total. The van der Waals surface area contributed by atoms with Gasteiger partial charge in [0.15, 0.2) is 5.71 Å². The molecule has 0 unspecified atom stereocenters. The third-order valence-corrected chi connectivity index (χ3v) is 3.89. The second-order valence-electron chi connectivity index (χ2n) is 5.80. The van der Waals surface area contributed by atoms with Crippen LogP contribution in [0, 0.1) is 0 Å². The highest BCUT2D eigenvalue weighted by atomic mass is 16.6. The average molecular weight is 396 g/mol. The van der Waals surface area contributed by atoms with Crippen molar-refractivity contribution in [2.75, 3.05) is 21.3 Å². The molecule has 0 fully saturated rings. The fraction of sp³-hybridized carbons (Fsp3) is 0.238. The van der Waals surface area contributed by atoms with Gasteiger partial charge in [-0.3, -0.25) is 4.79 Å². The van der Waals surface area contributed by atoms with E-state index in [0.29, 0.717) is 17.0 Å². The van der Waals surface area contributed by atoms with Crippen LogP contribution in [0.1, 0.15) is 23.6 Å². The number of hydrogen-bond acceptors (Lipinski definition) is 7. The second-order valence-corrected chi connectivity index (χ2v) is 5.80. The second kappa shape index (κ2) is 11.2. The Bertz CT molecular complexity index is 908. The Kier molecular flexibility index (Phi) is 8.37. The molecule has 0 aliphatic carbocycles. The van der Waals surface area contributed by atoms with Crippen LogP contribution in [0.25, 0.3) is 0 Å². The van der Waals surface area contributed by atoms with Gasteiger partial charge >= 0.3 is 0 Å². The van der Waals surface area contributed by atoms with E-state index in [2.05, 4.69) is 20.8 Å². The predicted molar refractivity (Wildman–Crippen MR) is 112 cm³/mol. The summed E-state index contributed by atoms with van der Waals surface area (Å²) in [5.74, 6) is -0.363. The summed E-state index contributed by atoms with van der Waals surface area (Å²) >= 11 is 0. The van der Waals surface area contributed by atoms with Gasteiger partial charge in [0.2, 0.25) is 0 Å². The van der Waals surface area contributed by atoms with Crippen LogP contribution in [0.3, 0.4) is 0 Å². The van der Waals surface area contributed by atoms with Crippen LogP contribution in [0.15, 0.2) is 70.1 Å². The summed E-state index contributed by atoms with van der Waals surface area (Å²) in [5.41, 5.74) is 3.44. The van der Waals surface area contributed by atoms with Gasteiger partial charge in [-0.05, 0) is 6.92 Å². The normalized spacial score (nSPS) is 12.3. The number of oxime groups is 3. The number of hydrogen-bond donors (Lipinski definition) is 1. The summed E-state index contributed by atoms with van der Waals surface area (Å²) in [6, 6.07) is 16.8. The molecule has 1 amide bonds. The van der Waals surface area contributed by atoms with Gasteiger partial charge < -0.3 is 19.8 Å². The molecule has 2 aromatic carbocycles. The van der Waals surface area contributed by atoms with E-state index in [4.69, 9.17) is 14.5 Å². The standard InChI is InChI=1S/C21H24N4O4/c1-15(19(24-27-3)16-10-6-5-7-11-16)23-29-14-17-12-8-9-13-18(17)20(25-28-4)21(26)22-2/h5-13H,14H2,1-4H3,(H,22,26)/b23-15+,24-19-,25-20+. The van der Waals surface area contributed by atoms with Crippen molar-refractivity contribution in [2.24, 2.45) is 15.5 Å². The maximum absolute atomic E-state index is 12.1. The Morgan fingerprint density at radius 3 is 2.17 bits per heavy atom. The molecular weight excluding hydrogens is 372 g/mol. The highest BCUT2D eigenvalue weighted by Gasteiger charge is 2.17. The number of benzene rings is 2. The van der Waals surface area contributed by atoms with Crippen molar-refractivity contribution in [3.05, 3.63) is 71.3 Å². The molecular formula is C21H24N4O4. The van der Waals surface area contributed by atoms with Gasteiger partial charge in [0.25, 0.3) is 5.91 Å². The zero-order valence-corrected chi connectivity index (χ0v) is 16.9. The molecule has 2 rings (SSSR count). The van der Waals surface area contributed by atoms with E-state index in [0.717, 1.165) is 11.1 Å². The number of nitrogens with zero attached hydrogens (tertiary/aromatic N) is 3. The SMILES string of the molecule is CNC(=O)/C(=N/OC)c1ccccc1CO/N=C(C)/C(=N/OC)c1ccccc1. The van der Waals surface area contributed by atoms with E-state index >= 15 is 0 Å². The molecule has 8 nitrogen and oxygen atoms in total. The Labute approximate surface area is 169 Å². The van der Waals surface area contributed by atoms with Crippen molar-refractivity contribution >= 4 is 23.0 Å². The molecule has 8 heteroatoms. The number of nitrogens with one attached hydrogen (secondary N) is 1. The Balaban J connectivity index is 2.23. The third kappa shape index (κ3) is 5.90. The van der Waals surface area contributed by atoms with E-state index in [1.807, 2.05) is 42.5 Å². The first-order valence-corrected chi connectivity index (χ1v) is 8.87. The first-order chi connectivity index (χ1) is 14.1. The molecule has 152 valence electrons. The molecule has 2 aromatic rings. The Hall–Kier alpha value is -3.68. The third-order valence-electron chi connectivity index (χ3n) is 3.89. The quantitative estimate of drug-likeness (QED) is 0.521. The van der Waals surface area contributed by atoms with Crippen LogP contribution in [0.5, 0.6) is 0 Å². The van der Waals surface area contributed by atoms with E-state index in [1.165, 1.54) is 21.3 Å². The highest BCUT2D eigenvalue weighted by Crippen LogP contribution is 2.13. The molecule has 0 radical (unpaired) electrons. The summed E-state index contributed by atoms with van der Waals surface area (Å²) in [6.07, 6.45) is 0. The van der Waals surface area contributed by atoms with Crippen molar-refractivity contribution in [1.29, 1.82) is 0 Å². The number of likely N-dealkylation sites (N-methyl/N-ethyl adjacent to an activating group) is 1. The smallest absolute Gasteiger partial charge is 0.273 e. The lowest BCUT2D eigenvalue weighted by atomic mass is 10.0. The first kappa shape index (κ1) is 21.6. The van der Waals surface area contributed by atoms with Gasteiger partial charge in [-0.15, -0.1) is 0 Å². The fourth-order valence-electron chi connectivity index (χ4n) is 2.56. The molecule has 0 atom stereocenters. The minimum absolute atomic E-state index is 0.127. The molecule has 0 saturated heterocycles. The minimum Gasteiger partial charge on any atom is -0.399 e. The maximum atomic E-state index is 12.1. The van der Waals surface area contributed by atoms with Gasteiger partial charge in [0, 0.05) is 23.7 Å². The summed E-state index contributed by atoms with van der Waals surface area (Å²) in [7, 11) is 4.39. The largest absolute Gasteiger partial charge is 0.399 e. The maximum Gasteiger partial charge on any atom is 0.273 e. The molecule has 0 saturated carbocycles.